The summed E-state index contributed by atoms with van der Waals surface area (Å²) in [5.74, 6) is 2.36. The van der Waals surface area contributed by atoms with Gasteiger partial charge in [-0.25, -0.2) is 4.79 Å². The molecule has 0 bridgehead atoms. The molecule has 4 nitrogen and oxygen atoms in total. The standard InChI is InChI=1S/C23H29NO3/c1-3-14-11-21-15(12-22(14)24-26)5-8-19-18-7-6-16(13-23(25)27-4-2)17(18)9-10-20(19)21/h11-13,17-20H,3-10H2,1-2H3/b16-13+. The van der Waals surface area contributed by atoms with Crippen molar-refractivity contribution >= 4 is 11.7 Å². The molecule has 1 aromatic rings. The average Bonchev–Trinajstić information content (AvgIpc) is 3.09. The van der Waals surface area contributed by atoms with Crippen LogP contribution < -0.4 is 0 Å². The molecular weight excluding hydrogens is 338 g/mol. The Balaban J connectivity index is 1.60. The van der Waals surface area contributed by atoms with Crippen LogP contribution in [-0.4, -0.2) is 12.6 Å². The molecule has 0 saturated heterocycles. The molecule has 2 saturated carbocycles. The van der Waals surface area contributed by atoms with E-state index in [0.717, 1.165) is 31.2 Å². The van der Waals surface area contributed by atoms with Crippen LogP contribution in [0.3, 0.4) is 0 Å². The van der Waals surface area contributed by atoms with Gasteiger partial charge < -0.3 is 4.74 Å². The van der Waals surface area contributed by atoms with E-state index in [1.807, 2.05) is 13.0 Å². The second-order valence-corrected chi connectivity index (χ2v) is 8.29. The van der Waals surface area contributed by atoms with E-state index in [9.17, 15) is 9.70 Å². The van der Waals surface area contributed by atoms with Crippen LogP contribution >= 0.6 is 0 Å². The third kappa shape index (κ3) is 3.24. The predicted octanol–water partition coefficient (Wildman–Crippen LogP) is 5.60. The van der Waals surface area contributed by atoms with Crippen LogP contribution in [0.5, 0.6) is 0 Å². The maximum absolute atomic E-state index is 11.9. The molecule has 4 atom stereocenters. The fraction of sp³-hybridized carbons (Fsp3) is 0.609. The minimum Gasteiger partial charge on any atom is -0.463 e. The van der Waals surface area contributed by atoms with Gasteiger partial charge in [0.15, 0.2) is 0 Å². The van der Waals surface area contributed by atoms with Crippen molar-refractivity contribution in [2.75, 3.05) is 6.61 Å². The molecule has 0 heterocycles. The van der Waals surface area contributed by atoms with E-state index >= 15 is 0 Å². The summed E-state index contributed by atoms with van der Waals surface area (Å²) in [6.07, 6.45) is 9.44. The van der Waals surface area contributed by atoms with Crippen LogP contribution in [0, 0.1) is 22.7 Å². The summed E-state index contributed by atoms with van der Waals surface area (Å²) in [7, 11) is 0. The van der Waals surface area contributed by atoms with Crippen LogP contribution in [0.2, 0.25) is 0 Å². The van der Waals surface area contributed by atoms with Crippen LogP contribution in [0.15, 0.2) is 29.0 Å². The molecule has 2 fully saturated rings. The molecule has 0 amide bonds. The molecular formula is C23H29NO3. The van der Waals surface area contributed by atoms with Crippen molar-refractivity contribution in [2.24, 2.45) is 22.9 Å². The number of hydrogen-bond acceptors (Lipinski definition) is 4. The Morgan fingerprint density at radius 1 is 1.11 bits per heavy atom. The maximum Gasteiger partial charge on any atom is 0.330 e. The summed E-state index contributed by atoms with van der Waals surface area (Å²) < 4.78 is 5.13. The number of nitroso groups, excluding NO2 is 1. The zero-order valence-corrected chi connectivity index (χ0v) is 16.4. The Hall–Kier alpha value is -1.97. The molecule has 0 spiro atoms. The van der Waals surface area contributed by atoms with Crippen molar-refractivity contribution in [2.45, 2.75) is 64.7 Å². The van der Waals surface area contributed by atoms with Crippen molar-refractivity contribution in [3.63, 3.8) is 0 Å². The van der Waals surface area contributed by atoms with E-state index in [1.54, 1.807) is 6.08 Å². The zero-order valence-electron chi connectivity index (χ0n) is 16.4. The molecule has 0 radical (unpaired) electrons. The molecule has 4 heteroatoms. The average molecular weight is 367 g/mol. The number of aryl methyl sites for hydroxylation is 2. The Bertz CT molecular complexity index is 782. The van der Waals surface area contributed by atoms with Gasteiger partial charge in [-0.2, -0.15) is 0 Å². The van der Waals surface area contributed by atoms with Gasteiger partial charge in [0.1, 0.15) is 5.69 Å². The van der Waals surface area contributed by atoms with Gasteiger partial charge in [0.25, 0.3) is 0 Å². The lowest BCUT2D eigenvalue weighted by molar-refractivity contribution is -0.137. The van der Waals surface area contributed by atoms with Gasteiger partial charge in [-0.15, -0.1) is 4.91 Å². The van der Waals surface area contributed by atoms with E-state index in [0.29, 0.717) is 36.0 Å². The number of rotatable bonds is 4. The minimum atomic E-state index is -0.175. The lowest BCUT2D eigenvalue weighted by Crippen LogP contribution is -2.34. The number of ether oxygens (including phenoxy) is 1. The first-order valence-electron chi connectivity index (χ1n) is 10.5. The molecule has 144 valence electrons. The van der Waals surface area contributed by atoms with Crippen LogP contribution in [0.1, 0.15) is 68.6 Å². The van der Waals surface area contributed by atoms with E-state index in [-0.39, 0.29) is 5.97 Å². The Labute approximate surface area is 161 Å². The Morgan fingerprint density at radius 2 is 1.85 bits per heavy atom. The minimum absolute atomic E-state index is 0.175. The van der Waals surface area contributed by atoms with Gasteiger partial charge in [0.2, 0.25) is 0 Å². The van der Waals surface area contributed by atoms with Gasteiger partial charge in [-0.3, -0.25) is 0 Å². The number of allylic oxidation sites excluding steroid dienone is 1. The number of nitrogens with zero attached hydrogens (tertiary/aromatic N) is 1. The largest absolute Gasteiger partial charge is 0.463 e. The van der Waals surface area contributed by atoms with Crippen molar-refractivity contribution in [3.8, 4) is 0 Å². The quantitative estimate of drug-likeness (QED) is 0.395. The summed E-state index contributed by atoms with van der Waals surface area (Å²) in [4.78, 5) is 23.1. The fourth-order valence-corrected chi connectivity index (χ4v) is 6.04. The monoisotopic (exact) mass is 367 g/mol. The lowest BCUT2D eigenvalue weighted by atomic mass is 9.60. The molecule has 0 N–H and O–H groups in total. The maximum atomic E-state index is 11.9. The van der Waals surface area contributed by atoms with Gasteiger partial charge >= 0.3 is 5.97 Å². The smallest absolute Gasteiger partial charge is 0.330 e. The van der Waals surface area contributed by atoms with Gasteiger partial charge in [0, 0.05) is 6.08 Å². The summed E-state index contributed by atoms with van der Waals surface area (Å²) in [6, 6.07) is 4.32. The summed E-state index contributed by atoms with van der Waals surface area (Å²) >= 11 is 0. The van der Waals surface area contributed by atoms with Gasteiger partial charge in [-0.05, 0) is 103 Å². The molecule has 3 aliphatic carbocycles. The Morgan fingerprint density at radius 3 is 2.59 bits per heavy atom. The molecule has 4 unspecified atom stereocenters. The molecule has 0 aliphatic heterocycles. The van der Waals surface area contributed by atoms with Crippen molar-refractivity contribution in [3.05, 3.63) is 45.4 Å². The fourth-order valence-electron chi connectivity index (χ4n) is 6.04. The number of carbonyl (C=O) groups excluding carboxylic acids is 1. The first-order valence-corrected chi connectivity index (χ1v) is 10.5. The number of carbonyl (C=O) groups is 1. The van der Waals surface area contributed by atoms with Gasteiger partial charge in [0.05, 0.1) is 6.61 Å². The molecule has 4 rings (SSSR count). The predicted molar refractivity (Wildman–Crippen MR) is 106 cm³/mol. The molecule has 3 aliphatic rings. The molecule has 1 aromatic carbocycles. The van der Waals surface area contributed by atoms with E-state index in [1.165, 1.54) is 36.0 Å². The SMILES string of the molecule is CCOC(=O)/C=C1\CCC2C1CCC1c3cc(CC)c(N=O)cc3CCC12. The van der Waals surface area contributed by atoms with Crippen LogP contribution in [0.4, 0.5) is 5.69 Å². The van der Waals surface area contributed by atoms with Crippen LogP contribution in [0.25, 0.3) is 0 Å². The third-order valence-electron chi connectivity index (χ3n) is 7.17. The summed E-state index contributed by atoms with van der Waals surface area (Å²) in [5, 5.41) is 3.26. The highest BCUT2D eigenvalue weighted by Gasteiger charge is 2.46. The van der Waals surface area contributed by atoms with Crippen LogP contribution in [-0.2, 0) is 22.4 Å². The number of hydrogen-bond donors (Lipinski definition) is 0. The normalized spacial score (nSPS) is 30.4. The second-order valence-electron chi connectivity index (χ2n) is 8.29. The van der Waals surface area contributed by atoms with E-state index in [2.05, 4.69) is 18.2 Å². The topological polar surface area (TPSA) is 55.7 Å². The molecule has 0 aromatic heterocycles. The highest BCUT2D eigenvalue weighted by molar-refractivity contribution is 5.83. The lowest BCUT2D eigenvalue weighted by Gasteiger charge is -2.44. The zero-order chi connectivity index (χ0) is 19.0. The number of fused-ring (bicyclic) bond motifs is 5. The van der Waals surface area contributed by atoms with Crippen molar-refractivity contribution < 1.29 is 9.53 Å². The number of esters is 1. The van der Waals surface area contributed by atoms with E-state index < -0.39 is 0 Å². The third-order valence-corrected chi connectivity index (χ3v) is 7.17. The Kier molecular flexibility index (Phi) is 5.16. The first kappa shape index (κ1) is 18.4. The summed E-state index contributed by atoms with van der Waals surface area (Å²) in [5.41, 5.74) is 5.83. The van der Waals surface area contributed by atoms with Gasteiger partial charge in [-0.1, -0.05) is 18.6 Å². The second kappa shape index (κ2) is 7.57. The van der Waals surface area contributed by atoms with Crippen molar-refractivity contribution in [1.82, 2.24) is 0 Å². The summed E-state index contributed by atoms with van der Waals surface area (Å²) in [6.45, 7) is 4.39. The first-order chi connectivity index (χ1) is 13.2. The van der Waals surface area contributed by atoms with E-state index in [4.69, 9.17) is 4.74 Å². The highest BCUT2D eigenvalue weighted by atomic mass is 16.5. The highest BCUT2D eigenvalue weighted by Crippen LogP contribution is 2.57. The molecule has 27 heavy (non-hydrogen) atoms. The van der Waals surface area contributed by atoms with Crippen molar-refractivity contribution in [1.29, 1.82) is 0 Å². The number of benzene rings is 1.